The molecule has 1 aliphatic carbocycles. The summed E-state index contributed by atoms with van der Waals surface area (Å²) in [5.74, 6) is 0.682. The lowest BCUT2D eigenvalue weighted by Crippen LogP contribution is -2.38. The molecular weight excluding hydrogens is 264 g/mol. The molecule has 0 bridgehead atoms. The molecule has 1 heterocycles. The molecule has 1 atom stereocenters. The van der Waals surface area contributed by atoms with Gasteiger partial charge in [0.25, 0.3) is 0 Å². The first kappa shape index (κ1) is 13.7. The van der Waals surface area contributed by atoms with E-state index < -0.39 is 0 Å². The molecule has 1 nitrogen and oxygen atoms in total. The molecule has 2 aliphatic rings. The van der Waals surface area contributed by atoms with Gasteiger partial charge in [-0.05, 0) is 24.0 Å². The van der Waals surface area contributed by atoms with Gasteiger partial charge in [-0.3, -0.25) is 4.79 Å². The highest BCUT2D eigenvalue weighted by Crippen LogP contribution is 2.47. The van der Waals surface area contributed by atoms with Crippen LogP contribution in [0.4, 0.5) is 0 Å². The molecule has 1 aromatic carbocycles. The van der Waals surface area contributed by atoms with E-state index in [-0.39, 0.29) is 5.41 Å². The Hall–Kier alpha value is -1.28. The van der Waals surface area contributed by atoms with Crippen molar-refractivity contribution in [1.29, 1.82) is 0 Å². The molecular formula is C18H20OS. The first-order chi connectivity index (χ1) is 9.58. The second-order valence-electron chi connectivity index (χ2n) is 5.94. The predicted octanol–water partition coefficient (Wildman–Crippen LogP) is 4.78. The summed E-state index contributed by atoms with van der Waals surface area (Å²) in [4.78, 5) is 15.5. The fourth-order valence-corrected chi connectivity index (χ4v) is 4.34. The Morgan fingerprint density at radius 3 is 2.75 bits per heavy atom. The van der Waals surface area contributed by atoms with Crippen molar-refractivity contribution in [3.05, 3.63) is 52.5 Å². The summed E-state index contributed by atoms with van der Waals surface area (Å²) in [5, 5.41) is 0. The zero-order valence-corrected chi connectivity index (χ0v) is 13.1. The van der Waals surface area contributed by atoms with Crippen LogP contribution in [0, 0.1) is 11.3 Å². The van der Waals surface area contributed by atoms with Crippen LogP contribution in [-0.4, -0.2) is 5.78 Å². The molecule has 1 unspecified atom stereocenters. The summed E-state index contributed by atoms with van der Waals surface area (Å²) in [7, 11) is 0. The van der Waals surface area contributed by atoms with Crippen molar-refractivity contribution in [2.24, 2.45) is 11.3 Å². The predicted molar refractivity (Wildman–Crippen MR) is 84.7 cm³/mol. The summed E-state index contributed by atoms with van der Waals surface area (Å²) in [6.45, 7) is 6.43. The van der Waals surface area contributed by atoms with Crippen molar-refractivity contribution in [2.75, 3.05) is 0 Å². The van der Waals surface area contributed by atoms with Crippen molar-refractivity contribution < 1.29 is 4.79 Å². The summed E-state index contributed by atoms with van der Waals surface area (Å²) in [5.41, 5.74) is 2.01. The van der Waals surface area contributed by atoms with Crippen LogP contribution in [0.2, 0.25) is 0 Å². The first-order valence-electron chi connectivity index (χ1n) is 7.31. The quantitative estimate of drug-likeness (QED) is 0.777. The topological polar surface area (TPSA) is 17.1 Å². The third kappa shape index (κ3) is 1.89. The average molecular weight is 284 g/mol. The molecule has 0 fully saturated rings. The second kappa shape index (κ2) is 4.92. The Morgan fingerprint density at radius 1 is 1.30 bits per heavy atom. The van der Waals surface area contributed by atoms with Gasteiger partial charge in [-0.15, -0.1) is 0 Å². The lowest BCUT2D eigenvalue weighted by molar-refractivity contribution is -0.125. The molecule has 0 amide bonds. The normalized spacial score (nSPS) is 24.9. The Bertz CT molecular complexity index is 624. The van der Waals surface area contributed by atoms with Crippen molar-refractivity contribution >= 4 is 17.5 Å². The maximum absolute atomic E-state index is 13.0. The maximum Gasteiger partial charge on any atom is 0.170 e. The highest BCUT2D eigenvalue weighted by Gasteiger charge is 2.42. The number of allylic oxidation sites excluding steroid dienone is 3. The first-order valence-corrected chi connectivity index (χ1v) is 8.13. The van der Waals surface area contributed by atoms with Gasteiger partial charge in [0.1, 0.15) is 0 Å². The lowest BCUT2D eigenvalue weighted by atomic mass is 9.67. The van der Waals surface area contributed by atoms with E-state index in [1.165, 1.54) is 10.5 Å². The Kier molecular flexibility index (Phi) is 3.37. The highest BCUT2D eigenvalue weighted by molar-refractivity contribution is 8.03. The summed E-state index contributed by atoms with van der Waals surface area (Å²) in [6, 6.07) is 8.41. The number of ketones is 1. The number of hydrogen-bond acceptors (Lipinski definition) is 2. The van der Waals surface area contributed by atoms with Gasteiger partial charge in [-0.2, -0.15) is 0 Å². The van der Waals surface area contributed by atoms with E-state index in [1.54, 1.807) is 11.8 Å². The van der Waals surface area contributed by atoms with Gasteiger partial charge < -0.3 is 0 Å². The van der Waals surface area contributed by atoms with Crippen LogP contribution in [0.25, 0.3) is 0 Å². The smallest absolute Gasteiger partial charge is 0.170 e. The van der Waals surface area contributed by atoms with Gasteiger partial charge in [0.2, 0.25) is 0 Å². The Labute approximate surface area is 125 Å². The molecule has 3 rings (SSSR count). The van der Waals surface area contributed by atoms with Crippen LogP contribution in [0.1, 0.15) is 32.8 Å². The van der Waals surface area contributed by atoms with Crippen LogP contribution < -0.4 is 0 Å². The number of carbonyl (C=O) groups is 1. The van der Waals surface area contributed by atoms with Gasteiger partial charge in [-0.25, -0.2) is 0 Å². The van der Waals surface area contributed by atoms with E-state index >= 15 is 0 Å². The van der Waals surface area contributed by atoms with Crippen LogP contribution in [0.3, 0.4) is 0 Å². The monoisotopic (exact) mass is 284 g/mol. The van der Waals surface area contributed by atoms with Crippen LogP contribution >= 0.6 is 11.8 Å². The SMILES string of the molecule is CCC1(C(C)C)C=CC2=C(Cc3ccccc3S2)C1=O. The van der Waals surface area contributed by atoms with Crippen molar-refractivity contribution in [3.63, 3.8) is 0 Å². The molecule has 0 aromatic heterocycles. The molecule has 0 saturated carbocycles. The van der Waals surface area contributed by atoms with Gasteiger partial charge in [0.05, 0.1) is 5.41 Å². The number of Topliss-reactive ketones (excluding diaryl/α,β-unsaturated/α-hetero) is 1. The standard InChI is InChI=1S/C18H20OS/c1-4-18(12(2)3)10-9-16-14(17(18)19)11-13-7-5-6-8-15(13)20-16/h5-10,12H,4,11H2,1-3H3. The molecule has 0 saturated heterocycles. The second-order valence-corrected chi connectivity index (χ2v) is 7.02. The van der Waals surface area contributed by atoms with Gasteiger partial charge in [0, 0.05) is 21.8 Å². The largest absolute Gasteiger partial charge is 0.293 e. The number of hydrogen-bond donors (Lipinski definition) is 0. The van der Waals surface area contributed by atoms with E-state index in [4.69, 9.17) is 0 Å². The molecule has 2 heteroatoms. The van der Waals surface area contributed by atoms with Crippen molar-refractivity contribution in [2.45, 2.75) is 38.5 Å². The fourth-order valence-electron chi connectivity index (χ4n) is 3.26. The van der Waals surface area contributed by atoms with Crippen molar-refractivity contribution in [1.82, 2.24) is 0 Å². The van der Waals surface area contributed by atoms with Crippen molar-refractivity contribution in [3.8, 4) is 0 Å². The average Bonchev–Trinajstić information content (AvgIpc) is 2.46. The summed E-state index contributed by atoms with van der Waals surface area (Å²) >= 11 is 1.74. The third-order valence-electron chi connectivity index (χ3n) is 4.70. The number of fused-ring (bicyclic) bond motifs is 1. The minimum absolute atomic E-state index is 0.300. The van der Waals surface area contributed by atoms with Gasteiger partial charge >= 0.3 is 0 Å². The Morgan fingerprint density at radius 2 is 2.05 bits per heavy atom. The number of benzene rings is 1. The number of carbonyl (C=O) groups excluding carboxylic acids is 1. The summed E-state index contributed by atoms with van der Waals surface area (Å²) < 4.78 is 0. The lowest BCUT2D eigenvalue weighted by Gasteiger charge is -2.37. The number of thioether (sulfide) groups is 1. The zero-order chi connectivity index (χ0) is 14.3. The number of rotatable bonds is 2. The molecule has 1 aliphatic heterocycles. The van der Waals surface area contributed by atoms with Crippen LogP contribution in [0.15, 0.2) is 51.8 Å². The van der Waals surface area contributed by atoms with Crippen LogP contribution in [0.5, 0.6) is 0 Å². The minimum Gasteiger partial charge on any atom is -0.293 e. The molecule has 104 valence electrons. The van der Waals surface area contributed by atoms with Crippen LogP contribution in [-0.2, 0) is 11.2 Å². The minimum atomic E-state index is -0.300. The molecule has 0 radical (unpaired) electrons. The van der Waals surface area contributed by atoms with E-state index in [0.29, 0.717) is 11.7 Å². The molecule has 0 spiro atoms. The highest BCUT2D eigenvalue weighted by atomic mass is 32.2. The zero-order valence-electron chi connectivity index (χ0n) is 12.3. The van der Waals surface area contributed by atoms with Gasteiger partial charge in [0.15, 0.2) is 5.78 Å². The molecule has 0 N–H and O–H groups in total. The molecule has 20 heavy (non-hydrogen) atoms. The molecule has 1 aromatic rings. The van der Waals surface area contributed by atoms with E-state index in [9.17, 15) is 4.79 Å². The third-order valence-corrected chi connectivity index (χ3v) is 5.92. The van der Waals surface area contributed by atoms with E-state index in [0.717, 1.165) is 23.3 Å². The van der Waals surface area contributed by atoms with Gasteiger partial charge in [-0.1, -0.05) is 62.9 Å². The van der Waals surface area contributed by atoms with E-state index in [1.807, 2.05) is 0 Å². The maximum atomic E-state index is 13.0. The fraction of sp³-hybridized carbons (Fsp3) is 0.389. The van der Waals surface area contributed by atoms with E-state index in [2.05, 4.69) is 57.2 Å². The summed E-state index contributed by atoms with van der Waals surface area (Å²) in [6.07, 6.45) is 6.00. The Balaban J connectivity index is 2.03.